The highest BCUT2D eigenvalue weighted by Crippen LogP contribution is 2.33. The molecule has 1 N–H and O–H groups in total. The first kappa shape index (κ1) is 15.0. The molecular formula is C14H11BrF3NO. The Morgan fingerprint density at radius 2 is 1.95 bits per heavy atom. The predicted octanol–water partition coefficient (Wildman–Crippen LogP) is 4.25. The van der Waals surface area contributed by atoms with Gasteiger partial charge < -0.3 is 5.11 Å². The Morgan fingerprint density at radius 1 is 1.25 bits per heavy atom. The number of halogens is 4. The van der Waals surface area contributed by atoms with Gasteiger partial charge >= 0.3 is 6.18 Å². The first-order valence-electron chi connectivity index (χ1n) is 5.77. The number of pyridine rings is 1. The third-order valence-electron chi connectivity index (χ3n) is 2.94. The molecule has 0 aliphatic rings. The van der Waals surface area contributed by atoms with Crippen LogP contribution in [-0.4, -0.2) is 10.1 Å². The molecule has 2 rings (SSSR count). The SMILES string of the molecule is Cc1cc(C(F)(F)F)ccc1C(O)c1ncccc1Br. The average molecular weight is 346 g/mol. The minimum Gasteiger partial charge on any atom is -0.382 e. The molecule has 1 aromatic carbocycles. The quantitative estimate of drug-likeness (QED) is 0.882. The minimum atomic E-state index is -4.39. The van der Waals surface area contributed by atoms with E-state index < -0.39 is 17.8 Å². The molecule has 1 aromatic heterocycles. The number of nitrogens with zero attached hydrogens (tertiary/aromatic N) is 1. The van der Waals surface area contributed by atoms with E-state index in [-0.39, 0.29) is 0 Å². The van der Waals surface area contributed by atoms with Crippen molar-refractivity contribution in [3.8, 4) is 0 Å². The predicted molar refractivity (Wildman–Crippen MR) is 72.2 cm³/mol. The molecule has 0 amide bonds. The minimum absolute atomic E-state index is 0.366. The molecule has 1 atom stereocenters. The number of aryl methyl sites for hydroxylation is 1. The number of hydrogen-bond donors (Lipinski definition) is 1. The fourth-order valence-corrected chi connectivity index (χ4v) is 2.38. The van der Waals surface area contributed by atoms with Gasteiger partial charge in [0.15, 0.2) is 0 Å². The summed E-state index contributed by atoms with van der Waals surface area (Å²) in [6.07, 6.45) is -3.95. The number of aromatic nitrogens is 1. The molecule has 0 fully saturated rings. The molecule has 2 aromatic rings. The summed E-state index contributed by atoms with van der Waals surface area (Å²) in [5, 5.41) is 10.3. The number of rotatable bonds is 2. The number of alkyl halides is 3. The smallest absolute Gasteiger partial charge is 0.382 e. The second-order valence-electron chi connectivity index (χ2n) is 4.34. The lowest BCUT2D eigenvalue weighted by molar-refractivity contribution is -0.137. The van der Waals surface area contributed by atoms with Gasteiger partial charge in [0.2, 0.25) is 0 Å². The molecule has 6 heteroatoms. The molecule has 20 heavy (non-hydrogen) atoms. The molecule has 2 nitrogen and oxygen atoms in total. The van der Waals surface area contributed by atoms with Crippen LogP contribution in [0.1, 0.15) is 28.5 Å². The lowest BCUT2D eigenvalue weighted by Gasteiger charge is -2.16. The fraction of sp³-hybridized carbons (Fsp3) is 0.214. The highest BCUT2D eigenvalue weighted by molar-refractivity contribution is 9.10. The lowest BCUT2D eigenvalue weighted by Crippen LogP contribution is -2.09. The highest BCUT2D eigenvalue weighted by Gasteiger charge is 2.31. The molecule has 0 spiro atoms. The molecule has 1 unspecified atom stereocenters. The van der Waals surface area contributed by atoms with E-state index in [9.17, 15) is 18.3 Å². The van der Waals surface area contributed by atoms with Crippen LogP contribution in [0.5, 0.6) is 0 Å². The van der Waals surface area contributed by atoms with Crippen LogP contribution >= 0.6 is 15.9 Å². The number of aliphatic hydroxyl groups is 1. The average Bonchev–Trinajstić information content (AvgIpc) is 2.37. The van der Waals surface area contributed by atoms with Crippen molar-refractivity contribution in [1.29, 1.82) is 0 Å². The summed E-state index contributed by atoms with van der Waals surface area (Å²) in [6, 6.07) is 6.67. The Hall–Kier alpha value is -1.40. The van der Waals surface area contributed by atoms with E-state index in [1.165, 1.54) is 19.2 Å². The van der Waals surface area contributed by atoms with Gasteiger partial charge in [-0.3, -0.25) is 4.98 Å². The first-order valence-corrected chi connectivity index (χ1v) is 6.56. The van der Waals surface area contributed by atoms with Gasteiger partial charge in [0.25, 0.3) is 0 Å². The molecule has 106 valence electrons. The van der Waals surface area contributed by atoms with Crippen LogP contribution in [0.2, 0.25) is 0 Å². The van der Waals surface area contributed by atoms with Crippen molar-refractivity contribution in [3.63, 3.8) is 0 Å². The summed E-state index contributed by atoms with van der Waals surface area (Å²) >= 11 is 3.26. The molecule has 0 bridgehead atoms. The van der Waals surface area contributed by atoms with Crippen molar-refractivity contribution in [1.82, 2.24) is 4.98 Å². The maximum Gasteiger partial charge on any atom is 0.416 e. The summed E-state index contributed by atoms with van der Waals surface area (Å²) in [7, 11) is 0. The van der Waals surface area contributed by atoms with Gasteiger partial charge in [-0.2, -0.15) is 13.2 Å². The van der Waals surface area contributed by atoms with Gasteiger partial charge in [0.05, 0.1) is 11.3 Å². The van der Waals surface area contributed by atoms with E-state index in [4.69, 9.17) is 0 Å². The van der Waals surface area contributed by atoms with E-state index in [2.05, 4.69) is 20.9 Å². The highest BCUT2D eigenvalue weighted by atomic mass is 79.9. The third-order valence-corrected chi connectivity index (χ3v) is 3.61. The first-order chi connectivity index (χ1) is 9.30. The normalized spacial score (nSPS) is 13.3. The summed E-state index contributed by atoms with van der Waals surface area (Å²) in [5.41, 5.74) is 0.406. The van der Waals surface area contributed by atoms with Crippen LogP contribution in [0.25, 0.3) is 0 Å². The fourth-order valence-electron chi connectivity index (χ4n) is 1.91. The number of aliphatic hydroxyl groups excluding tert-OH is 1. The Labute approximate surface area is 122 Å². The zero-order valence-corrected chi connectivity index (χ0v) is 12.0. The van der Waals surface area contributed by atoms with Crippen molar-refractivity contribution in [2.75, 3.05) is 0 Å². The molecule has 1 heterocycles. The number of benzene rings is 1. The Bertz CT molecular complexity index is 628. The Balaban J connectivity index is 2.42. The summed E-state index contributed by atoms with van der Waals surface area (Å²) < 4.78 is 38.4. The monoisotopic (exact) mass is 345 g/mol. The van der Waals surface area contributed by atoms with Gasteiger partial charge in [-0.05, 0) is 58.2 Å². The van der Waals surface area contributed by atoms with E-state index in [0.717, 1.165) is 12.1 Å². The summed E-state index contributed by atoms with van der Waals surface area (Å²) in [4.78, 5) is 4.05. The molecule has 0 saturated heterocycles. The molecule has 0 aliphatic carbocycles. The third kappa shape index (κ3) is 3.02. The van der Waals surface area contributed by atoms with Gasteiger partial charge in [-0.1, -0.05) is 6.07 Å². The van der Waals surface area contributed by atoms with Gasteiger partial charge in [0, 0.05) is 10.7 Å². The van der Waals surface area contributed by atoms with Gasteiger partial charge in [0.1, 0.15) is 6.10 Å². The van der Waals surface area contributed by atoms with Crippen molar-refractivity contribution >= 4 is 15.9 Å². The standard InChI is InChI=1S/C14H11BrF3NO/c1-8-7-9(14(16,17)18)4-5-10(8)13(20)12-11(15)3-2-6-19-12/h2-7,13,20H,1H3. The zero-order chi connectivity index (χ0) is 14.9. The topological polar surface area (TPSA) is 33.1 Å². The van der Waals surface area contributed by atoms with Crippen LogP contribution in [0.4, 0.5) is 13.2 Å². The van der Waals surface area contributed by atoms with Crippen LogP contribution in [0.3, 0.4) is 0 Å². The van der Waals surface area contributed by atoms with Crippen molar-refractivity contribution in [2.24, 2.45) is 0 Å². The van der Waals surface area contributed by atoms with Gasteiger partial charge in [-0.15, -0.1) is 0 Å². The van der Waals surface area contributed by atoms with Crippen molar-refractivity contribution in [2.45, 2.75) is 19.2 Å². The second kappa shape index (κ2) is 5.54. The lowest BCUT2D eigenvalue weighted by atomic mass is 9.98. The van der Waals surface area contributed by atoms with Crippen LogP contribution in [0.15, 0.2) is 41.0 Å². The zero-order valence-electron chi connectivity index (χ0n) is 10.4. The second-order valence-corrected chi connectivity index (χ2v) is 5.20. The Kier molecular flexibility index (Phi) is 4.15. The van der Waals surface area contributed by atoms with E-state index in [1.54, 1.807) is 12.1 Å². The molecule has 0 aliphatic heterocycles. The van der Waals surface area contributed by atoms with E-state index in [1.807, 2.05) is 0 Å². The largest absolute Gasteiger partial charge is 0.416 e. The van der Waals surface area contributed by atoms with Crippen LogP contribution in [0, 0.1) is 6.92 Å². The summed E-state index contributed by atoms with van der Waals surface area (Å²) in [6.45, 7) is 1.53. The maximum atomic E-state index is 12.6. The van der Waals surface area contributed by atoms with Gasteiger partial charge in [-0.25, -0.2) is 0 Å². The van der Waals surface area contributed by atoms with Crippen LogP contribution < -0.4 is 0 Å². The Morgan fingerprint density at radius 3 is 2.50 bits per heavy atom. The molecule has 0 saturated carbocycles. The molecule has 0 radical (unpaired) electrons. The van der Waals surface area contributed by atoms with Crippen LogP contribution in [-0.2, 0) is 6.18 Å². The number of hydrogen-bond acceptors (Lipinski definition) is 2. The molecular weight excluding hydrogens is 335 g/mol. The maximum absolute atomic E-state index is 12.6. The van der Waals surface area contributed by atoms with E-state index >= 15 is 0 Å². The van der Waals surface area contributed by atoms with Crippen molar-refractivity contribution < 1.29 is 18.3 Å². The van der Waals surface area contributed by atoms with E-state index in [0.29, 0.717) is 21.3 Å². The van der Waals surface area contributed by atoms with Crippen molar-refractivity contribution in [3.05, 3.63) is 63.4 Å². The summed E-state index contributed by atoms with van der Waals surface area (Å²) in [5.74, 6) is 0.